The van der Waals surface area contributed by atoms with Crippen LogP contribution in [0.4, 0.5) is 0 Å². The molecule has 3 saturated carbocycles. The Morgan fingerprint density at radius 2 is 2.05 bits per heavy atom. The normalized spacial score (nSPS) is 31.1. The van der Waals surface area contributed by atoms with E-state index in [0.717, 1.165) is 6.42 Å². The highest BCUT2D eigenvalue weighted by Gasteiger charge is 2.57. The zero-order valence-corrected chi connectivity index (χ0v) is 26.2. The number of nitrogens with two attached hydrogens (primary N) is 1. The van der Waals surface area contributed by atoms with Crippen LogP contribution in [0.15, 0.2) is 48.3 Å². The van der Waals surface area contributed by atoms with Gasteiger partial charge in [0.05, 0.1) is 31.4 Å². The van der Waals surface area contributed by atoms with Crippen molar-refractivity contribution in [3.05, 3.63) is 59.4 Å². The predicted molar refractivity (Wildman–Crippen MR) is 165 cm³/mol. The summed E-state index contributed by atoms with van der Waals surface area (Å²) in [4.78, 5) is 32.5. The molecule has 0 unspecified atom stereocenters. The molecule has 2 bridgehead atoms. The first-order valence-electron chi connectivity index (χ1n) is 15.1. The van der Waals surface area contributed by atoms with Crippen molar-refractivity contribution >= 4 is 17.9 Å². The SMILES string of the molecule is C=C/C=C(C(=O)NC)\C(O)=C\c1cccc(CN2O[C@@H](CN)[C@H]([C@H](C)O)[C@H]2C(=O)N[C@H]2C[C@H]3C[C@@H]([C@@H]2C)C3(C)C)c1OC. The molecule has 236 valence electrons. The van der Waals surface area contributed by atoms with Gasteiger partial charge >= 0.3 is 0 Å². The van der Waals surface area contributed by atoms with Crippen molar-refractivity contribution in [3.63, 3.8) is 0 Å². The van der Waals surface area contributed by atoms with Gasteiger partial charge in [-0.15, -0.1) is 0 Å². The number of methoxy groups -OCH3 is 1. The summed E-state index contributed by atoms with van der Waals surface area (Å²) in [6.45, 7) is 12.5. The number of para-hydroxylation sites is 1. The van der Waals surface area contributed by atoms with Gasteiger partial charge in [-0.2, -0.15) is 5.06 Å². The van der Waals surface area contributed by atoms with Gasteiger partial charge in [-0.3, -0.25) is 14.4 Å². The van der Waals surface area contributed by atoms with Crippen molar-refractivity contribution in [2.45, 2.75) is 71.4 Å². The molecular weight excluding hydrogens is 548 g/mol. The number of hydrogen-bond donors (Lipinski definition) is 5. The molecule has 1 aromatic carbocycles. The second-order valence-corrected chi connectivity index (χ2v) is 12.8. The number of likely N-dealkylation sites (N-methyl/N-ethyl adjacent to an activating group) is 1. The van der Waals surface area contributed by atoms with Crippen LogP contribution in [-0.2, 0) is 21.0 Å². The number of fused-ring (bicyclic) bond motifs is 2. The van der Waals surface area contributed by atoms with E-state index in [2.05, 4.69) is 38.0 Å². The maximum atomic E-state index is 14.0. The van der Waals surface area contributed by atoms with Gasteiger partial charge in [0.1, 0.15) is 17.6 Å². The van der Waals surface area contributed by atoms with Crippen LogP contribution < -0.4 is 21.1 Å². The average Bonchev–Trinajstić information content (AvgIpc) is 3.35. The Bertz CT molecular complexity index is 1270. The van der Waals surface area contributed by atoms with E-state index in [1.807, 2.05) is 6.07 Å². The van der Waals surface area contributed by atoms with Crippen molar-refractivity contribution in [3.8, 4) is 5.75 Å². The molecule has 8 atom stereocenters. The summed E-state index contributed by atoms with van der Waals surface area (Å²) < 4.78 is 5.76. The molecule has 2 amide bonds. The number of hydrogen-bond acceptors (Lipinski definition) is 8. The molecule has 0 radical (unpaired) electrons. The summed E-state index contributed by atoms with van der Waals surface area (Å²) in [6.07, 6.45) is 5.04. The molecule has 4 fully saturated rings. The van der Waals surface area contributed by atoms with Gasteiger partial charge in [0.25, 0.3) is 5.91 Å². The third kappa shape index (κ3) is 6.24. The van der Waals surface area contributed by atoms with E-state index in [4.69, 9.17) is 15.3 Å². The van der Waals surface area contributed by atoms with Crippen LogP contribution in [0.1, 0.15) is 51.7 Å². The number of benzene rings is 1. The van der Waals surface area contributed by atoms with Gasteiger partial charge in [-0.05, 0) is 55.1 Å². The first-order valence-corrected chi connectivity index (χ1v) is 15.1. The number of nitrogens with zero attached hydrogens (tertiary/aromatic N) is 1. The predicted octanol–water partition coefficient (Wildman–Crippen LogP) is 3.08. The molecule has 0 aromatic heterocycles. The van der Waals surface area contributed by atoms with Gasteiger partial charge in [-0.25, -0.2) is 0 Å². The molecule has 0 spiro atoms. The van der Waals surface area contributed by atoms with Gasteiger partial charge in [0.2, 0.25) is 5.91 Å². The summed E-state index contributed by atoms with van der Waals surface area (Å²) in [5.41, 5.74) is 7.62. The van der Waals surface area contributed by atoms with E-state index in [9.17, 15) is 19.8 Å². The number of hydroxylamine groups is 2. The molecule has 4 aliphatic rings. The summed E-state index contributed by atoms with van der Waals surface area (Å²) in [7, 11) is 2.99. The molecule has 43 heavy (non-hydrogen) atoms. The molecule has 3 aliphatic carbocycles. The van der Waals surface area contributed by atoms with Crippen molar-refractivity contribution in [1.82, 2.24) is 15.7 Å². The largest absolute Gasteiger partial charge is 0.507 e. The van der Waals surface area contributed by atoms with E-state index in [-0.39, 0.29) is 36.4 Å². The highest BCUT2D eigenvalue weighted by atomic mass is 16.7. The fraction of sp³-hybridized carbons (Fsp3) is 0.576. The number of carbonyl (C=O) groups excluding carboxylic acids is 2. The summed E-state index contributed by atoms with van der Waals surface area (Å²) in [5, 5.41) is 29.0. The highest BCUT2D eigenvalue weighted by Crippen LogP contribution is 2.61. The maximum Gasteiger partial charge on any atom is 0.254 e. The topological polar surface area (TPSA) is 146 Å². The van der Waals surface area contributed by atoms with E-state index in [1.165, 1.54) is 38.8 Å². The molecule has 1 heterocycles. The Hall–Kier alpha value is -3.18. The zero-order valence-electron chi connectivity index (χ0n) is 26.2. The lowest BCUT2D eigenvalue weighted by Crippen LogP contribution is -2.62. The first-order chi connectivity index (χ1) is 20.4. The van der Waals surface area contributed by atoms with Gasteiger partial charge in [0.15, 0.2) is 0 Å². The number of rotatable bonds is 11. The third-order valence-corrected chi connectivity index (χ3v) is 10.1. The van der Waals surface area contributed by atoms with Crippen LogP contribution >= 0.6 is 0 Å². The van der Waals surface area contributed by atoms with E-state index in [0.29, 0.717) is 40.0 Å². The van der Waals surface area contributed by atoms with Crippen LogP contribution in [0.5, 0.6) is 5.75 Å². The molecule has 1 aliphatic heterocycles. The van der Waals surface area contributed by atoms with E-state index < -0.39 is 30.1 Å². The van der Waals surface area contributed by atoms with Crippen molar-refractivity contribution < 1.29 is 29.4 Å². The molecule has 1 aromatic rings. The monoisotopic (exact) mass is 596 g/mol. The van der Waals surface area contributed by atoms with Crippen molar-refractivity contribution in [1.29, 1.82) is 0 Å². The Kier molecular flexibility index (Phi) is 10.1. The number of allylic oxidation sites excluding steroid dienone is 2. The molecular formula is C33H48N4O6. The maximum absolute atomic E-state index is 14.0. The molecule has 10 heteroatoms. The minimum absolute atomic E-state index is 0.0492. The lowest BCUT2D eigenvalue weighted by molar-refractivity contribution is -0.175. The van der Waals surface area contributed by atoms with Gasteiger partial charge < -0.3 is 31.3 Å². The Labute approximate surface area is 254 Å². The average molecular weight is 597 g/mol. The molecule has 10 nitrogen and oxygen atoms in total. The van der Waals surface area contributed by atoms with Crippen molar-refractivity contribution in [2.75, 3.05) is 20.7 Å². The molecule has 6 N–H and O–H groups in total. The number of aliphatic hydroxyl groups excluding tert-OH is 2. The fourth-order valence-corrected chi connectivity index (χ4v) is 7.54. The summed E-state index contributed by atoms with van der Waals surface area (Å²) >= 11 is 0. The third-order valence-electron chi connectivity index (χ3n) is 10.1. The first kappa shape index (κ1) is 32.7. The zero-order chi connectivity index (χ0) is 31.6. The minimum atomic E-state index is -0.835. The van der Waals surface area contributed by atoms with Crippen LogP contribution in [0.25, 0.3) is 6.08 Å². The quantitative estimate of drug-likeness (QED) is 0.149. The number of ether oxygens (including phenoxy) is 1. The van der Waals surface area contributed by atoms with Crippen LogP contribution in [0, 0.1) is 29.1 Å². The van der Waals surface area contributed by atoms with Crippen LogP contribution in [-0.4, -0.2) is 72.1 Å². The van der Waals surface area contributed by atoms with Gasteiger partial charge in [-0.1, -0.05) is 51.6 Å². The standard InChI is InChI=1S/C33H48N4O6/c1-8-10-23(31(40)35-6)26(39)13-20-11-9-12-21(30(20)42-7)17-37-29(28(19(3)38)27(16-34)43-37)32(41)36-25-15-22-14-24(18(25)2)33(22,4)5/h8-13,18-19,22,24-25,27-29,38-39H,1,14-17,34H2,2-7H3,(H,35,40)(H,36,41)/b23-10+,26-13-/t18-,19-,22+,24-,25-,27-,28-,29-/m0/s1. The minimum Gasteiger partial charge on any atom is -0.507 e. The Morgan fingerprint density at radius 1 is 1.33 bits per heavy atom. The molecule has 5 rings (SSSR count). The second-order valence-electron chi connectivity index (χ2n) is 12.8. The van der Waals surface area contributed by atoms with Gasteiger partial charge in [0, 0.05) is 36.7 Å². The number of carbonyl (C=O) groups is 2. The second kappa shape index (κ2) is 13.2. The van der Waals surface area contributed by atoms with Crippen LogP contribution in [0.2, 0.25) is 0 Å². The van der Waals surface area contributed by atoms with Crippen molar-refractivity contribution in [2.24, 2.45) is 34.8 Å². The van der Waals surface area contributed by atoms with E-state index >= 15 is 0 Å². The van der Waals surface area contributed by atoms with E-state index in [1.54, 1.807) is 24.1 Å². The number of aliphatic hydroxyl groups is 2. The summed E-state index contributed by atoms with van der Waals surface area (Å²) in [5.74, 6) is 0.500. The summed E-state index contributed by atoms with van der Waals surface area (Å²) in [6, 6.07) is 4.67. The van der Waals surface area contributed by atoms with Crippen LogP contribution in [0.3, 0.4) is 0 Å². The Morgan fingerprint density at radius 3 is 2.60 bits per heavy atom. The fourth-order valence-electron chi connectivity index (χ4n) is 7.54. The Balaban J connectivity index is 1.62. The highest BCUT2D eigenvalue weighted by molar-refractivity contribution is 5.98. The lowest BCUT2D eigenvalue weighted by atomic mass is 9.45. The molecule has 1 saturated heterocycles. The number of amides is 2. The smallest absolute Gasteiger partial charge is 0.254 e. The number of nitrogens with one attached hydrogen (secondary N) is 2. The lowest BCUT2D eigenvalue weighted by Gasteiger charge is -2.62.